The second-order valence-corrected chi connectivity index (χ2v) is 6.90. The van der Waals surface area contributed by atoms with E-state index in [1.54, 1.807) is 0 Å². The zero-order valence-electron chi connectivity index (χ0n) is 15.7. The largest absolute Gasteiger partial charge is 0.494 e. The van der Waals surface area contributed by atoms with Crippen molar-refractivity contribution in [3.63, 3.8) is 0 Å². The third-order valence-electron chi connectivity index (χ3n) is 4.42. The molecule has 2 heterocycles. The summed E-state index contributed by atoms with van der Waals surface area (Å²) in [6.45, 7) is 5.49. The van der Waals surface area contributed by atoms with Crippen LogP contribution in [-0.2, 0) is 11.2 Å². The van der Waals surface area contributed by atoms with Crippen LogP contribution in [0.2, 0.25) is 0 Å². The quantitative estimate of drug-likeness (QED) is 0.578. The molecule has 0 saturated carbocycles. The normalized spacial score (nSPS) is 16.4. The number of ether oxygens (including phenoxy) is 2. The molecule has 0 amide bonds. The summed E-state index contributed by atoms with van der Waals surface area (Å²) in [7, 11) is 0. The molecule has 5 heteroatoms. The fraction of sp³-hybridized carbons (Fsp3) is 0.524. The molecule has 0 fully saturated rings. The van der Waals surface area contributed by atoms with Crippen molar-refractivity contribution in [1.29, 1.82) is 0 Å². The monoisotopic (exact) mass is 356 g/mol. The SMILES string of the molecule is Cc1cc(CCCCCCCOc2ccc(C3=NC[C@@H](C)O3)cc2)on1. The van der Waals surface area contributed by atoms with E-state index in [1.807, 2.05) is 44.2 Å². The van der Waals surface area contributed by atoms with Crippen molar-refractivity contribution in [3.05, 3.63) is 47.3 Å². The van der Waals surface area contributed by atoms with Crippen LogP contribution in [0, 0.1) is 6.92 Å². The summed E-state index contributed by atoms with van der Waals surface area (Å²) in [5.41, 5.74) is 1.98. The van der Waals surface area contributed by atoms with Crippen molar-refractivity contribution in [3.8, 4) is 5.75 Å². The minimum absolute atomic E-state index is 0.181. The van der Waals surface area contributed by atoms with Gasteiger partial charge in [-0.25, -0.2) is 4.99 Å². The van der Waals surface area contributed by atoms with E-state index in [0.29, 0.717) is 0 Å². The minimum Gasteiger partial charge on any atom is -0.494 e. The van der Waals surface area contributed by atoms with Crippen LogP contribution in [0.25, 0.3) is 0 Å². The zero-order chi connectivity index (χ0) is 18.2. The third kappa shape index (κ3) is 5.61. The molecule has 0 saturated heterocycles. The third-order valence-corrected chi connectivity index (χ3v) is 4.42. The van der Waals surface area contributed by atoms with Gasteiger partial charge in [0.05, 0.1) is 18.8 Å². The number of aromatic nitrogens is 1. The Hall–Kier alpha value is -2.30. The van der Waals surface area contributed by atoms with Crippen LogP contribution in [0.15, 0.2) is 39.8 Å². The van der Waals surface area contributed by atoms with Gasteiger partial charge in [0.25, 0.3) is 0 Å². The second kappa shape index (κ2) is 9.41. The molecule has 0 bridgehead atoms. The highest BCUT2D eigenvalue weighted by Gasteiger charge is 2.16. The Kier molecular flexibility index (Phi) is 6.69. The van der Waals surface area contributed by atoms with Crippen molar-refractivity contribution >= 4 is 5.90 Å². The van der Waals surface area contributed by atoms with Crippen molar-refractivity contribution < 1.29 is 14.0 Å². The molecule has 2 aromatic rings. The van der Waals surface area contributed by atoms with Gasteiger partial charge in [-0.1, -0.05) is 24.4 Å². The van der Waals surface area contributed by atoms with E-state index in [4.69, 9.17) is 14.0 Å². The van der Waals surface area contributed by atoms with Crippen molar-refractivity contribution in [2.45, 2.75) is 58.5 Å². The predicted octanol–water partition coefficient (Wildman–Crippen LogP) is 4.72. The standard InChI is InChI=1S/C21H28N2O3/c1-16-14-20(26-23-16)8-6-4-3-5-7-13-24-19-11-9-18(10-12-19)21-22-15-17(2)25-21/h9-12,14,17H,3-8,13,15H2,1-2H3/t17-/m1/s1. The van der Waals surface area contributed by atoms with E-state index in [-0.39, 0.29) is 6.10 Å². The average Bonchev–Trinajstić information content (AvgIpc) is 3.26. The Balaban J connectivity index is 1.24. The highest BCUT2D eigenvalue weighted by Crippen LogP contribution is 2.17. The van der Waals surface area contributed by atoms with Crippen LogP contribution in [0.5, 0.6) is 5.75 Å². The summed E-state index contributed by atoms with van der Waals surface area (Å²) in [5.74, 6) is 2.64. The molecule has 1 atom stereocenters. The molecule has 5 nitrogen and oxygen atoms in total. The summed E-state index contributed by atoms with van der Waals surface area (Å²) in [6, 6.07) is 10.0. The Morgan fingerprint density at radius 3 is 2.54 bits per heavy atom. The van der Waals surface area contributed by atoms with E-state index in [2.05, 4.69) is 10.1 Å². The number of hydrogen-bond acceptors (Lipinski definition) is 5. The zero-order valence-corrected chi connectivity index (χ0v) is 15.7. The first-order valence-electron chi connectivity index (χ1n) is 9.57. The molecule has 0 unspecified atom stereocenters. The van der Waals surface area contributed by atoms with Gasteiger partial charge in [0.1, 0.15) is 17.6 Å². The maximum Gasteiger partial charge on any atom is 0.216 e. The second-order valence-electron chi connectivity index (χ2n) is 6.90. The number of hydrogen-bond donors (Lipinski definition) is 0. The first-order chi connectivity index (χ1) is 12.7. The number of nitrogens with zero attached hydrogens (tertiary/aromatic N) is 2. The molecule has 1 aliphatic heterocycles. The number of aryl methyl sites for hydroxylation is 2. The molecule has 0 radical (unpaired) electrons. The van der Waals surface area contributed by atoms with Gasteiger partial charge < -0.3 is 14.0 Å². The number of aliphatic imine (C=N–C) groups is 1. The lowest BCUT2D eigenvalue weighted by Crippen LogP contribution is -2.08. The summed E-state index contributed by atoms with van der Waals surface area (Å²) < 4.78 is 16.7. The molecule has 0 N–H and O–H groups in total. The van der Waals surface area contributed by atoms with E-state index in [0.717, 1.165) is 61.1 Å². The average molecular weight is 356 g/mol. The van der Waals surface area contributed by atoms with Gasteiger partial charge in [-0.05, 0) is 51.0 Å². The van der Waals surface area contributed by atoms with Crippen LogP contribution in [0.4, 0.5) is 0 Å². The van der Waals surface area contributed by atoms with Gasteiger partial charge in [-0.2, -0.15) is 0 Å². The fourth-order valence-electron chi connectivity index (χ4n) is 2.99. The van der Waals surface area contributed by atoms with Crippen molar-refractivity contribution in [2.75, 3.05) is 13.2 Å². The van der Waals surface area contributed by atoms with Gasteiger partial charge in [-0.15, -0.1) is 0 Å². The lowest BCUT2D eigenvalue weighted by molar-refractivity contribution is 0.246. The van der Waals surface area contributed by atoms with Gasteiger partial charge in [0, 0.05) is 18.1 Å². The van der Waals surface area contributed by atoms with Gasteiger partial charge in [-0.3, -0.25) is 0 Å². The predicted molar refractivity (Wildman–Crippen MR) is 102 cm³/mol. The molecule has 1 aliphatic rings. The Bertz CT molecular complexity index is 706. The summed E-state index contributed by atoms with van der Waals surface area (Å²) in [4.78, 5) is 4.39. The first kappa shape index (κ1) is 18.5. The Labute approximate surface area is 155 Å². The van der Waals surface area contributed by atoms with Gasteiger partial charge >= 0.3 is 0 Å². The number of rotatable bonds is 10. The first-order valence-corrected chi connectivity index (χ1v) is 9.57. The summed E-state index contributed by atoms with van der Waals surface area (Å²) in [5, 5.41) is 3.91. The maximum atomic E-state index is 5.82. The molecule has 3 rings (SSSR count). The number of benzene rings is 1. The molecule has 26 heavy (non-hydrogen) atoms. The highest BCUT2D eigenvalue weighted by molar-refractivity contribution is 5.95. The van der Waals surface area contributed by atoms with Crippen LogP contribution in [-0.4, -0.2) is 30.3 Å². The van der Waals surface area contributed by atoms with Gasteiger partial charge in [0.2, 0.25) is 5.90 Å². The van der Waals surface area contributed by atoms with Crippen LogP contribution < -0.4 is 4.74 Å². The van der Waals surface area contributed by atoms with E-state index in [9.17, 15) is 0 Å². The number of unbranched alkanes of at least 4 members (excludes halogenated alkanes) is 4. The van der Waals surface area contributed by atoms with Crippen LogP contribution in [0.1, 0.15) is 56.0 Å². The fourth-order valence-corrected chi connectivity index (χ4v) is 2.99. The molecule has 0 aliphatic carbocycles. The van der Waals surface area contributed by atoms with E-state index >= 15 is 0 Å². The molecule has 1 aromatic heterocycles. The molecular weight excluding hydrogens is 328 g/mol. The molecule has 1 aromatic carbocycles. The van der Waals surface area contributed by atoms with Crippen LogP contribution in [0.3, 0.4) is 0 Å². The van der Waals surface area contributed by atoms with E-state index in [1.165, 1.54) is 19.3 Å². The van der Waals surface area contributed by atoms with Crippen molar-refractivity contribution in [2.24, 2.45) is 4.99 Å². The molecular formula is C21H28N2O3. The summed E-state index contributed by atoms with van der Waals surface area (Å²) >= 11 is 0. The molecule has 0 spiro atoms. The topological polar surface area (TPSA) is 56.9 Å². The van der Waals surface area contributed by atoms with E-state index < -0.39 is 0 Å². The smallest absolute Gasteiger partial charge is 0.216 e. The maximum absolute atomic E-state index is 5.82. The van der Waals surface area contributed by atoms with Gasteiger partial charge in [0.15, 0.2) is 0 Å². The Morgan fingerprint density at radius 1 is 1.08 bits per heavy atom. The molecule has 140 valence electrons. The lowest BCUT2D eigenvalue weighted by Gasteiger charge is -2.08. The Morgan fingerprint density at radius 2 is 1.85 bits per heavy atom. The minimum atomic E-state index is 0.181. The van der Waals surface area contributed by atoms with Crippen LogP contribution >= 0.6 is 0 Å². The van der Waals surface area contributed by atoms with Crippen molar-refractivity contribution in [1.82, 2.24) is 5.16 Å². The summed E-state index contributed by atoms with van der Waals surface area (Å²) in [6.07, 6.45) is 7.03. The lowest BCUT2D eigenvalue weighted by atomic mass is 10.1. The highest BCUT2D eigenvalue weighted by atomic mass is 16.5.